The minimum absolute atomic E-state index is 0.0293. The summed E-state index contributed by atoms with van der Waals surface area (Å²) in [5.74, 6) is 1.59. The number of ether oxygens (including phenoxy) is 1. The Morgan fingerprint density at radius 2 is 1.42 bits per heavy atom. The van der Waals surface area contributed by atoms with E-state index < -0.39 is 9.84 Å². The lowest BCUT2D eigenvalue weighted by Crippen LogP contribution is -2.29. The Morgan fingerprint density at radius 1 is 0.788 bits per heavy atom. The minimum Gasteiger partial charge on any atom is -0.455 e. The molecule has 1 N–H and O–H groups in total. The second-order valence-electron chi connectivity index (χ2n) is 8.34. The van der Waals surface area contributed by atoms with Crippen molar-refractivity contribution in [3.63, 3.8) is 0 Å². The molecule has 0 fully saturated rings. The van der Waals surface area contributed by atoms with Crippen LogP contribution in [0.3, 0.4) is 0 Å². The quantitative estimate of drug-likeness (QED) is 0.376. The molecule has 1 heterocycles. The standard InChI is InChI=1S/C28H25NO3S/c30-33(31,26-14-8-3-9-15-26)20-21-16-24-17-23(22-10-4-1-5-11-22)18-27(28(24)29-19-21)32-25-12-6-2-7-13-25/h1-15,17-18,21,29H,16,19-20H2. The molecule has 33 heavy (non-hydrogen) atoms. The SMILES string of the molecule is O=S(=O)(CC1CNc2c(cc(-c3ccccc3)cc2Oc2ccccc2)C1)c1ccccc1. The van der Waals surface area contributed by atoms with Crippen LogP contribution in [-0.4, -0.2) is 20.7 Å². The number of para-hydroxylation sites is 1. The van der Waals surface area contributed by atoms with E-state index in [9.17, 15) is 8.42 Å². The molecule has 0 aliphatic carbocycles. The van der Waals surface area contributed by atoms with Crippen LogP contribution < -0.4 is 10.1 Å². The number of nitrogens with one attached hydrogen (secondary N) is 1. The molecule has 0 aromatic heterocycles. The summed E-state index contributed by atoms with van der Waals surface area (Å²) in [6.45, 7) is 0.578. The average Bonchev–Trinajstić information content (AvgIpc) is 2.85. The van der Waals surface area contributed by atoms with Gasteiger partial charge in [0, 0.05) is 6.54 Å². The smallest absolute Gasteiger partial charge is 0.178 e. The molecular formula is C28H25NO3S. The molecule has 4 aromatic rings. The fourth-order valence-electron chi connectivity index (χ4n) is 4.31. The fraction of sp³-hybridized carbons (Fsp3) is 0.143. The summed E-state index contributed by atoms with van der Waals surface area (Å²) in [6, 6.07) is 32.8. The Labute approximate surface area is 194 Å². The van der Waals surface area contributed by atoms with Gasteiger partial charge in [-0.1, -0.05) is 66.7 Å². The van der Waals surface area contributed by atoms with E-state index in [1.54, 1.807) is 24.3 Å². The van der Waals surface area contributed by atoms with Crippen molar-refractivity contribution in [3.8, 4) is 22.6 Å². The molecule has 0 bridgehead atoms. The molecule has 0 amide bonds. The second-order valence-corrected chi connectivity index (χ2v) is 10.4. The largest absolute Gasteiger partial charge is 0.455 e. The lowest BCUT2D eigenvalue weighted by molar-refractivity contribution is 0.479. The molecule has 0 spiro atoms. The summed E-state index contributed by atoms with van der Waals surface area (Å²) in [5.41, 5.74) is 4.15. The lowest BCUT2D eigenvalue weighted by Gasteiger charge is -2.28. The lowest BCUT2D eigenvalue weighted by atomic mass is 9.91. The molecule has 1 atom stereocenters. The molecule has 5 heteroatoms. The van der Waals surface area contributed by atoms with Crippen LogP contribution in [0, 0.1) is 5.92 Å². The monoisotopic (exact) mass is 455 g/mol. The maximum atomic E-state index is 13.0. The van der Waals surface area contributed by atoms with E-state index in [0.29, 0.717) is 17.9 Å². The van der Waals surface area contributed by atoms with Crippen molar-refractivity contribution >= 4 is 15.5 Å². The van der Waals surface area contributed by atoms with Crippen molar-refractivity contribution in [1.29, 1.82) is 0 Å². The third kappa shape index (κ3) is 4.78. The zero-order valence-corrected chi connectivity index (χ0v) is 19.0. The zero-order chi connectivity index (χ0) is 22.7. The zero-order valence-electron chi connectivity index (χ0n) is 18.1. The van der Waals surface area contributed by atoms with Crippen LogP contribution in [0.4, 0.5) is 5.69 Å². The highest BCUT2D eigenvalue weighted by Crippen LogP contribution is 2.40. The number of benzene rings is 4. The predicted molar refractivity (Wildman–Crippen MR) is 133 cm³/mol. The van der Waals surface area contributed by atoms with Crippen molar-refractivity contribution in [2.24, 2.45) is 5.92 Å². The van der Waals surface area contributed by atoms with Crippen LogP contribution in [0.5, 0.6) is 11.5 Å². The van der Waals surface area contributed by atoms with Crippen molar-refractivity contribution in [3.05, 3.63) is 109 Å². The van der Waals surface area contributed by atoms with Crippen LogP contribution in [-0.2, 0) is 16.3 Å². The first kappa shape index (κ1) is 21.3. The van der Waals surface area contributed by atoms with Crippen molar-refractivity contribution in [2.45, 2.75) is 11.3 Å². The van der Waals surface area contributed by atoms with E-state index in [4.69, 9.17) is 4.74 Å². The van der Waals surface area contributed by atoms with Crippen LogP contribution in [0.25, 0.3) is 11.1 Å². The number of hydrogen-bond donors (Lipinski definition) is 1. The topological polar surface area (TPSA) is 55.4 Å². The molecular weight excluding hydrogens is 430 g/mol. The van der Waals surface area contributed by atoms with E-state index >= 15 is 0 Å². The van der Waals surface area contributed by atoms with Gasteiger partial charge in [0.25, 0.3) is 0 Å². The Kier molecular flexibility index (Phi) is 5.88. The summed E-state index contributed by atoms with van der Waals surface area (Å²) >= 11 is 0. The summed E-state index contributed by atoms with van der Waals surface area (Å²) in [6.07, 6.45) is 0.667. The first-order chi connectivity index (χ1) is 16.1. The molecule has 4 nitrogen and oxygen atoms in total. The first-order valence-corrected chi connectivity index (χ1v) is 12.7. The van der Waals surface area contributed by atoms with Crippen LogP contribution in [0.15, 0.2) is 108 Å². The maximum absolute atomic E-state index is 13.0. The molecule has 0 saturated carbocycles. The van der Waals surface area contributed by atoms with Gasteiger partial charge in [-0.2, -0.15) is 0 Å². The number of rotatable bonds is 6. The molecule has 4 aromatic carbocycles. The second kappa shape index (κ2) is 9.12. The summed E-state index contributed by atoms with van der Waals surface area (Å²) < 4.78 is 32.2. The van der Waals surface area contributed by atoms with Gasteiger partial charge in [0.1, 0.15) is 5.75 Å². The Balaban J connectivity index is 1.48. The normalized spacial score (nSPS) is 15.3. The van der Waals surface area contributed by atoms with Crippen LogP contribution in [0.2, 0.25) is 0 Å². The van der Waals surface area contributed by atoms with E-state index in [2.05, 4.69) is 29.6 Å². The molecule has 1 unspecified atom stereocenters. The first-order valence-electron chi connectivity index (χ1n) is 11.1. The average molecular weight is 456 g/mol. The Hall–Kier alpha value is -3.57. The molecule has 0 saturated heterocycles. The van der Waals surface area contributed by atoms with Crippen molar-refractivity contribution in [1.82, 2.24) is 0 Å². The van der Waals surface area contributed by atoms with E-state index in [1.165, 1.54) is 0 Å². The number of fused-ring (bicyclic) bond motifs is 1. The van der Waals surface area contributed by atoms with E-state index in [-0.39, 0.29) is 11.7 Å². The molecule has 0 radical (unpaired) electrons. The molecule has 5 rings (SSSR count). The Bertz CT molecular complexity index is 1340. The highest BCUT2D eigenvalue weighted by atomic mass is 32.2. The number of hydrogen-bond acceptors (Lipinski definition) is 4. The van der Waals surface area contributed by atoms with Gasteiger partial charge in [-0.25, -0.2) is 8.42 Å². The summed E-state index contributed by atoms with van der Waals surface area (Å²) in [4.78, 5) is 0.377. The van der Waals surface area contributed by atoms with Crippen molar-refractivity contribution < 1.29 is 13.2 Å². The summed E-state index contributed by atoms with van der Waals surface area (Å²) in [5, 5.41) is 3.46. The van der Waals surface area contributed by atoms with Gasteiger partial charge in [0.15, 0.2) is 15.6 Å². The van der Waals surface area contributed by atoms with Crippen LogP contribution >= 0.6 is 0 Å². The van der Waals surface area contributed by atoms with Gasteiger partial charge < -0.3 is 10.1 Å². The third-order valence-electron chi connectivity index (χ3n) is 5.90. The van der Waals surface area contributed by atoms with Gasteiger partial charge in [-0.3, -0.25) is 0 Å². The van der Waals surface area contributed by atoms with Gasteiger partial charge >= 0.3 is 0 Å². The number of sulfone groups is 1. The summed E-state index contributed by atoms with van der Waals surface area (Å²) in [7, 11) is -3.35. The third-order valence-corrected chi connectivity index (χ3v) is 7.80. The predicted octanol–water partition coefficient (Wildman–Crippen LogP) is 6.20. The van der Waals surface area contributed by atoms with Gasteiger partial charge in [0.05, 0.1) is 16.3 Å². The molecule has 1 aliphatic heterocycles. The minimum atomic E-state index is -3.35. The van der Waals surface area contributed by atoms with E-state index in [0.717, 1.165) is 33.9 Å². The van der Waals surface area contributed by atoms with Gasteiger partial charge in [0.2, 0.25) is 0 Å². The van der Waals surface area contributed by atoms with Gasteiger partial charge in [-0.05, 0) is 65.4 Å². The number of anilines is 1. The fourth-order valence-corrected chi connectivity index (χ4v) is 5.93. The molecule has 166 valence electrons. The highest BCUT2D eigenvalue weighted by molar-refractivity contribution is 7.91. The highest BCUT2D eigenvalue weighted by Gasteiger charge is 2.27. The van der Waals surface area contributed by atoms with Gasteiger partial charge in [-0.15, -0.1) is 0 Å². The van der Waals surface area contributed by atoms with E-state index in [1.807, 2.05) is 54.6 Å². The van der Waals surface area contributed by atoms with Crippen molar-refractivity contribution in [2.75, 3.05) is 17.6 Å². The molecule has 1 aliphatic rings. The van der Waals surface area contributed by atoms with Crippen LogP contribution in [0.1, 0.15) is 5.56 Å². The Morgan fingerprint density at radius 3 is 2.12 bits per heavy atom. The maximum Gasteiger partial charge on any atom is 0.178 e.